The monoisotopic (exact) mass is 244 g/mol. The molecule has 1 fully saturated rings. The quantitative estimate of drug-likeness (QED) is 0.740. The summed E-state index contributed by atoms with van der Waals surface area (Å²) < 4.78 is 13.5. The minimum atomic E-state index is -0.586. The second-order valence-electron chi connectivity index (χ2n) is 3.47. The van der Waals surface area contributed by atoms with E-state index < -0.39 is 5.82 Å². The van der Waals surface area contributed by atoms with Crippen LogP contribution in [0.1, 0.15) is 23.2 Å². The molecule has 4 heteroatoms. The second-order valence-corrected chi connectivity index (χ2v) is 5.19. The lowest BCUT2D eigenvalue weighted by Gasteiger charge is -2.08. The third-order valence-electron chi connectivity index (χ3n) is 2.44. The van der Waals surface area contributed by atoms with Crippen molar-refractivity contribution in [1.29, 1.82) is 0 Å². The molecule has 1 unspecified atom stereocenters. The van der Waals surface area contributed by atoms with Crippen LogP contribution >= 0.6 is 23.4 Å². The largest absolute Gasteiger partial charge is 0.293 e. The van der Waals surface area contributed by atoms with E-state index in [9.17, 15) is 9.18 Å². The van der Waals surface area contributed by atoms with Crippen LogP contribution < -0.4 is 0 Å². The standard InChI is InChI=1S/C11H10ClFOS/c12-8-4-1-3-7(10(8)13)11(14)9-5-2-6-15-9/h1,3-4,9H,2,5-6H2. The van der Waals surface area contributed by atoms with Crippen LogP contribution in [0, 0.1) is 5.82 Å². The minimum absolute atomic E-state index is 0.0175. The third kappa shape index (κ3) is 2.18. The van der Waals surface area contributed by atoms with E-state index in [1.54, 1.807) is 17.8 Å². The summed E-state index contributed by atoms with van der Waals surface area (Å²) in [6, 6.07) is 4.57. The van der Waals surface area contributed by atoms with E-state index in [4.69, 9.17) is 11.6 Å². The summed E-state index contributed by atoms with van der Waals surface area (Å²) in [5, 5.41) is -0.0678. The highest BCUT2D eigenvalue weighted by atomic mass is 35.5. The van der Waals surface area contributed by atoms with Gasteiger partial charge in [0, 0.05) is 0 Å². The first-order valence-corrected chi connectivity index (χ1v) is 6.22. The molecular weight excluding hydrogens is 235 g/mol. The Hall–Kier alpha value is -0.540. The Morgan fingerprint density at radius 2 is 2.33 bits per heavy atom. The molecule has 1 aliphatic rings. The van der Waals surface area contributed by atoms with Crippen molar-refractivity contribution >= 4 is 29.1 Å². The van der Waals surface area contributed by atoms with Crippen molar-refractivity contribution in [1.82, 2.24) is 0 Å². The highest BCUT2D eigenvalue weighted by molar-refractivity contribution is 8.00. The Kier molecular flexibility index (Phi) is 3.32. The van der Waals surface area contributed by atoms with Crippen LogP contribution in [0.5, 0.6) is 0 Å². The molecule has 1 aromatic rings. The zero-order chi connectivity index (χ0) is 10.8. The van der Waals surface area contributed by atoms with Gasteiger partial charge in [-0.15, -0.1) is 0 Å². The molecule has 0 bridgehead atoms. The van der Waals surface area contributed by atoms with Gasteiger partial charge in [0.15, 0.2) is 11.6 Å². The molecule has 0 aliphatic carbocycles. The Balaban J connectivity index is 2.28. The molecule has 0 aromatic heterocycles. The van der Waals surface area contributed by atoms with Gasteiger partial charge in [0.1, 0.15) is 0 Å². The van der Waals surface area contributed by atoms with E-state index >= 15 is 0 Å². The average molecular weight is 245 g/mol. The molecule has 1 aromatic carbocycles. The molecule has 0 N–H and O–H groups in total. The van der Waals surface area contributed by atoms with Crippen LogP contribution in [0.2, 0.25) is 5.02 Å². The van der Waals surface area contributed by atoms with Crippen molar-refractivity contribution < 1.29 is 9.18 Å². The molecule has 1 heterocycles. The van der Waals surface area contributed by atoms with Crippen LogP contribution in [-0.4, -0.2) is 16.8 Å². The maximum atomic E-state index is 13.5. The van der Waals surface area contributed by atoms with Crippen molar-refractivity contribution in [2.45, 2.75) is 18.1 Å². The van der Waals surface area contributed by atoms with Crippen LogP contribution in [0.25, 0.3) is 0 Å². The minimum Gasteiger partial charge on any atom is -0.293 e. The molecule has 1 atom stereocenters. The summed E-state index contributed by atoms with van der Waals surface area (Å²) in [4.78, 5) is 11.9. The fraction of sp³-hybridized carbons (Fsp3) is 0.364. The van der Waals surface area contributed by atoms with Crippen molar-refractivity contribution in [3.63, 3.8) is 0 Å². The summed E-state index contributed by atoms with van der Waals surface area (Å²) in [7, 11) is 0. The van der Waals surface area contributed by atoms with Crippen molar-refractivity contribution in [3.05, 3.63) is 34.6 Å². The summed E-state index contributed by atoms with van der Waals surface area (Å²) >= 11 is 7.23. The Morgan fingerprint density at radius 3 is 3.00 bits per heavy atom. The predicted molar refractivity (Wildman–Crippen MR) is 61.2 cm³/mol. The molecule has 1 saturated heterocycles. The number of Topliss-reactive ketones (excluding diaryl/α,β-unsaturated/α-hetero) is 1. The highest BCUT2D eigenvalue weighted by Crippen LogP contribution is 2.30. The maximum absolute atomic E-state index is 13.5. The number of benzene rings is 1. The second kappa shape index (κ2) is 4.54. The first-order chi connectivity index (χ1) is 7.20. The number of ketones is 1. The number of carbonyl (C=O) groups is 1. The smallest absolute Gasteiger partial charge is 0.178 e. The van der Waals surface area contributed by atoms with Gasteiger partial charge in [-0.1, -0.05) is 17.7 Å². The summed E-state index contributed by atoms with van der Waals surface area (Å²) in [5.41, 5.74) is 0.127. The molecule has 1 aliphatic heterocycles. The zero-order valence-corrected chi connectivity index (χ0v) is 9.58. The summed E-state index contributed by atoms with van der Waals surface area (Å²) in [5.74, 6) is 0.271. The van der Waals surface area contributed by atoms with Crippen LogP contribution in [0.3, 0.4) is 0 Å². The van der Waals surface area contributed by atoms with Gasteiger partial charge in [-0.05, 0) is 30.7 Å². The molecule has 80 valence electrons. The molecule has 0 amide bonds. The molecule has 0 spiro atoms. The fourth-order valence-corrected chi connectivity index (χ4v) is 3.06. The molecule has 2 rings (SSSR count). The summed E-state index contributed by atoms with van der Waals surface area (Å²) in [6.07, 6.45) is 1.87. The van der Waals surface area contributed by atoms with Gasteiger partial charge in [-0.25, -0.2) is 4.39 Å². The van der Waals surface area contributed by atoms with E-state index in [2.05, 4.69) is 0 Å². The Labute approximate surface area is 97.0 Å². The lowest BCUT2D eigenvalue weighted by molar-refractivity contribution is 0.0984. The van der Waals surface area contributed by atoms with Gasteiger partial charge in [0.25, 0.3) is 0 Å². The molecule has 15 heavy (non-hydrogen) atoms. The van der Waals surface area contributed by atoms with Crippen LogP contribution in [-0.2, 0) is 0 Å². The van der Waals surface area contributed by atoms with E-state index in [0.29, 0.717) is 0 Å². The van der Waals surface area contributed by atoms with Gasteiger partial charge in [0.05, 0.1) is 15.8 Å². The Bertz CT molecular complexity index is 388. The maximum Gasteiger partial charge on any atom is 0.178 e. The van der Waals surface area contributed by atoms with Crippen molar-refractivity contribution in [2.75, 3.05) is 5.75 Å². The third-order valence-corrected chi connectivity index (χ3v) is 4.11. The van der Waals surface area contributed by atoms with Crippen molar-refractivity contribution in [3.8, 4) is 0 Å². The predicted octanol–water partition coefficient (Wildman–Crippen LogP) is 3.56. The first-order valence-electron chi connectivity index (χ1n) is 4.80. The van der Waals surface area contributed by atoms with Crippen LogP contribution in [0.4, 0.5) is 4.39 Å². The zero-order valence-electron chi connectivity index (χ0n) is 8.00. The molecular formula is C11H10ClFOS. The average Bonchev–Trinajstić information content (AvgIpc) is 2.74. The number of thioether (sulfide) groups is 1. The number of halogens is 2. The van der Waals surface area contributed by atoms with E-state index in [-0.39, 0.29) is 21.6 Å². The first kappa shape index (κ1) is 11.0. The SMILES string of the molecule is O=C(c1cccc(Cl)c1F)C1CCCS1. The van der Waals surface area contributed by atoms with Crippen LogP contribution in [0.15, 0.2) is 18.2 Å². The molecule has 1 nitrogen and oxygen atoms in total. The number of hydrogen-bond acceptors (Lipinski definition) is 2. The van der Waals surface area contributed by atoms with Gasteiger partial charge in [0.2, 0.25) is 0 Å². The normalized spacial score (nSPS) is 20.5. The van der Waals surface area contributed by atoms with Gasteiger partial charge < -0.3 is 0 Å². The molecule has 0 saturated carbocycles. The lowest BCUT2D eigenvalue weighted by atomic mass is 10.1. The van der Waals surface area contributed by atoms with Crippen molar-refractivity contribution in [2.24, 2.45) is 0 Å². The Morgan fingerprint density at radius 1 is 1.53 bits per heavy atom. The topological polar surface area (TPSA) is 17.1 Å². The fourth-order valence-electron chi connectivity index (χ4n) is 1.65. The van der Waals surface area contributed by atoms with E-state index in [1.807, 2.05) is 0 Å². The number of rotatable bonds is 2. The lowest BCUT2D eigenvalue weighted by Crippen LogP contribution is -2.15. The molecule has 0 radical (unpaired) electrons. The highest BCUT2D eigenvalue weighted by Gasteiger charge is 2.26. The van der Waals surface area contributed by atoms with Gasteiger partial charge >= 0.3 is 0 Å². The van der Waals surface area contributed by atoms with E-state index in [0.717, 1.165) is 18.6 Å². The number of hydrogen-bond donors (Lipinski definition) is 0. The van der Waals surface area contributed by atoms with Gasteiger partial charge in [-0.3, -0.25) is 4.79 Å². The van der Waals surface area contributed by atoms with E-state index in [1.165, 1.54) is 12.1 Å². The summed E-state index contributed by atoms with van der Waals surface area (Å²) in [6.45, 7) is 0. The van der Waals surface area contributed by atoms with Gasteiger partial charge in [-0.2, -0.15) is 11.8 Å². The number of carbonyl (C=O) groups excluding carboxylic acids is 1.